The zero-order chi connectivity index (χ0) is 53.8. The molecule has 0 radical (unpaired) electrons. The first-order chi connectivity index (χ1) is 36.1. The van der Waals surface area contributed by atoms with Crippen LogP contribution < -0.4 is 0 Å². The van der Waals surface area contributed by atoms with Gasteiger partial charge in [-0.2, -0.15) is 8.42 Å². The largest absolute Gasteiger partial charge is 0.457 e. The summed E-state index contributed by atoms with van der Waals surface area (Å²) in [5.74, 6) is -0.390. The number of carbonyl (C=O) groups excluding carboxylic acids is 1. The molecule has 74 heavy (non-hydrogen) atoms. The zero-order valence-corrected chi connectivity index (χ0v) is 48.8. The molecule has 0 saturated carbocycles. The van der Waals surface area contributed by atoms with E-state index < -0.39 is 59.8 Å². The molecule has 0 spiro atoms. The smallest absolute Gasteiger partial charge is 0.397 e. The summed E-state index contributed by atoms with van der Waals surface area (Å²) >= 11 is 0. The molecule has 440 valence electrons. The summed E-state index contributed by atoms with van der Waals surface area (Å²) in [5, 5.41) is 30.9. The van der Waals surface area contributed by atoms with Crippen LogP contribution in [0.25, 0.3) is 0 Å². The Labute approximate surface area is 455 Å². The lowest BCUT2D eigenvalue weighted by molar-refractivity contribution is -0.301. The number of hydrogen-bond donors (Lipinski definition) is 4. The van der Waals surface area contributed by atoms with Crippen LogP contribution in [-0.4, -0.2) is 97.5 Å². The minimum atomic E-state index is -5.07. The van der Waals surface area contributed by atoms with Gasteiger partial charge < -0.3 is 34.3 Å². The topological polar surface area (TPSA) is 178 Å². The van der Waals surface area contributed by atoms with Crippen molar-refractivity contribution < 1.29 is 56.2 Å². The van der Waals surface area contributed by atoms with Gasteiger partial charge >= 0.3 is 16.4 Å². The van der Waals surface area contributed by atoms with Crippen molar-refractivity contribution in [1.82, 2.24) is 0 Å². The van der Waals surface area contributed by atoms with E-state index in [0.717, 1.165) is 38.5 Å². The Morgan fingerprint density at radius 2 is 0.851 bits per heavy atom. The van der Waals surface area contributed by atoms with E-state index in [0.29, 0.717) is 13.0 Å². The Balaban J connectivity index is 2.24. The van der Waals surface area contributed by atoms with E-state index in [2.05, 4.69) is 30.2 Å². The second-order valence-corrected chi connectivity index (χ2v) is 23.1. The van der Waals surface area contributed by atoms with Gasteiger partial charge in [0.2, 0.25) is 0 Å². The molecule has 13 heteroatoms. The second-order valence-electron chi connectivity index (χ2n) is 22.0. The number of aliphatic hydroxyl groups excluding tert-OH is 3. The van der Waals surface area contributed by atoms with Crippen LogP contribution in [0.3, 0.4) is 0 Å². The van der Waals surface area contributed by atoms with Crippen LogP contribution >= 0.6 is 0 Å². The van der Waals surface area contributed by atoms with E-state index >= 15 is 0 Å². The minimum Gasteiger partial charge on any atom is -0.457 e. The van der Waals surface area contributed by atoms with Crippen molar-refractivity contribution in [3.63, 3.8) is 0 Å². The lowest BCUT2D eigenvalue weighted by Gasteiger charge is -2.41. The molecule has 0 bridgehead atoms. The predicted octanol–water partition coefficient (Wildman–Crippen LogP) is 16.1. The highest BCUT2D eigenvalue weighted by Gasteiger charge is 2.48. The third kappa shape index (κ3) is 44.8. The fraction of sp³-hybridized carbons (Fsp3) is 0.951. The van der Waals surface area contributed by atoms with Crippen LogP contribution in [0, 0.1) is 0 Å². The number of unbranched alkanes of at least 4 members (excludes halogenated alkanes) is 42. The first kappa shape index (κ1) is 70.9. The molecule has 1 rings (SSSR count). The normalized spacial score (nSPS) is 18.7. The van der Waals surface area contributed by atoms with Crippen LogP contribution in [0.5, 0.6) is 0 Å². The molecule has 6 unspecified atom stereocenters. The third-order valence-corrected chi connectivity index (χ3v) is 15.4. The predicted molar refractivity (Wildman–Crippen MR) is 304 cm³/mol. The van der Waals surface area contributed by atoms with Gasteiger partial charge in [0, 0.05) is 13.0 Å². The highest BCUT2D eigenvalue weighted by atomic mass is 32.3. The van der Waals surface area contributed by atoms with Gasteiger partial charge in [-0.05, 0) is 38.5 Å². The van der Waals surface area contributed by atoms with E-state index in [4.69, 9.17) is 18.9 Å². The Hall–Kier alpha value is -1.16. The summed E-state index contributed by atoms with van der Waals surface area (Å²) in [6.07, 6.45) is 54.0. The Morgan fingerprint density at radius 1 is 0.500 bits per heavy atom. The number of esters is 1. The molecule has 4 N–H and O–H groups in total. The lowest BCUT2D eigenvalue weighted by atomic mass is 9.99. The average molecular weight is 1080 g/mol. The van der Waals surface area contributed by atoms with Gasteiger partial charge in [0.25, 0.3) is 0 Å². The lowest BCUT2D eigenvalue weighted by Crippen LogP contribution is -2.60. The molecule has 6 atom stereocenters. The first-order valence-electron chi connectivity index (χ1n) is 31.4. The van der Waals surface area contributed by atoms with Crippen LogP contribution in [0.1, 0.15) is 309 Å². The quantitative estimate of drug-likeness (QED) is 0.0196. The van der Waals surface area contributed by atoms with Crippen molar-refractivity contribution in [3.8, 4) is 0 Å². The molecule has 0 aromatic carbocycles. The molecule has 0 aromatic rings. The van der Waals surface area contributed by atoms with Crippen LogP contribution in [0.4, 0.5) is 0 Å². The highest BCUT2D eigenvalue weighted by molar-refractivity contribution is 7.80. The van der Waals surface area contributed by atoms with Crippen molar-refractivity contribution in [2.24, 2.45) is 0 Å². The number of hydrogen-bond acceptors (Lipinski definition) is 11. The number of aliphatic hydroxyl groups is 3. The van der Waals surface area contributed by atoms with Crippen LogP contribution in [0.2, 0.25) is 0 Å². The fourth-order valence-electron chi connectivity index (χ4n) is 10.1. The van der Waals surface area contributed by atoms with E-state index in [1.807, 2.05) is 0 Å². The maximum Gasteiger partial charge on any atom is 0.397 e. The fourth-order valence-corrected chi connectivity index (χ4v) is 10.7. The van der Waals surface area contributed by atoms with Gasteiger partial charge in [0.15, 0.2) is 6.29 Å². The van der Waals surface area contributed by atoms with Gasteiger partial charge in [-0.3, -0.25) is 9.35 Å². The molecule has 0 amide bonds. The van der Waals surface area contributed by atoms with Crippen molar-refractivity contribution >= 4 is 16.4 Å². The van der Waals surface area contributed by atoms with Gasteiger partial charge in [-0.15, -0.1) is 0 Å². The number of allylic oxidation sites excluding steroid dienone is 2. The van der Waals surface area contributed by atoms with Gasteiger partial charge in [-0.25, -0.2) is 4.18 Å². The standard InChI is InChI=1S/C61H118O12S/c1-3-5-7-9-11-13-15-17-19-21-23-25-27-28-29-30-32-34-36-38-40-42-44-46-48-50-57(63)71-55(54-70-61-59(65)60(73-74(66,67)68)58(64)56(52-62)72-61)53-69-51-49-47-45-43-41-39-37-35-33-31-26-24-22-20-18-16-14-12-10-8-6-4-2/h21,23,55-56,58-62,64-65H,3-20,22,24-54H2,1-2H3,(H,66,67,68)/b23-21-. The molecular weight excluding hydrogens is 957 g/mol. The summed E-state index contributed by atoms with van der Waals surface area (Å²) in [6, 6.07) is 0. The monoisotopic (exact) mass is 1070 g/mol. The molecule has 1 aliphatic rings. The van der Waals surface area contributed by atoms with E-state index in [9.17, 15) is 33.1 Å². The molecule has 1 saturated heterocycles. The van der Waals surface area contributed by atoms with Gasteiger partial charge in [0.05, 0.1) is 19.8 Å². The summed E-state index contributed by atoms with van der Waals surface area (Å²) in [6.45, 7) is 4.08. The number of rotatable bonds is 57. The Kier molecular flexibility index (Phi) is 50.3. The van der Waals surface area contributed by atoms with E-state index in [-0.39, 0.29) is 19.6 Å². The maximum absolute atomic E-state index is 13.0. The molecule has 1 fully saturated rings. The number of carbonyl (C=O) groups is 1. The highest BCUT2D eigenvalue weighted by Crippen LogP contribution is 2.26. The van der Waals surface area contributed by atoms with Crippen molar-refractivity contribution in [2.75, 3.05) is 26.4 Å². The average Bonchev–Trinajstić information content (AvgIpc) is 3.38. The Bertz CT molecular complexity index is 1330. The molecule has 0 aromatic heterocycles. The van der Waals surface area contributed by atoms with Crippen LogP contribution in [0.15, 0.2) is 12.2 Å². The SMILES string of the molecule is CCCCCCCCCC/C=C\CCCCCCCCCCCCCCCC(=O)OC(COCCCCCCCCCCCCCCCCCCCCCCCC)COC1OC(CO)C(O)C(OS(=O)(=O)O)C1O. The molecule has 0 aliphatic carbocycles. The van der Waals surface area contributed by atoms with Crippen LogP contribution in [-0.2, 0) is 38.3 Å². The molecule has 1 heterocycles. The first-order valence-corrected chi connectivity index (χ1v) is 32.8. The summed E-state index contributed by atoms with van der Waals surface area (Å²) in [5.41, 5.74) is 0. The van der Waals surface area contributed by atoms with Gasteiger partial charge in [0.1, 0.15) is 30.5 Å². The van der Waals surface area contributed by atoms with Gasteiger partial charge in [-0.1, -0.05) is 276 Å². The van der Waals surface area contributed by atoms with E-state index in [1.165, 1.54) is 244 Å². The summed E-state index contributed by atoms with van der Waals surface area (Å²) < 4.78 is 59.6. The zero-order valence-electron chi connectivity index (χ0n) is 47.9. The molecular formula is C61H118O12S. The van der Waals surface area contributed by atoms with Crippen molar-refractivity contribution in [2.45, 2.75) is 346 Å². The maximum atomic E-state index is 13.0. The summed E-state index contributed by atoms with van der Waals surface area (Å²) in [7, 11) is -5.07. The molecule has 12 nitrogen and oxygen atoms in total. The van der Waals surface area contributed by atoms with E-state index in [1.54, 1.807) is 0 Å². The number of ether oxygens (including phenoxy) is 4. The summed E-state index contributed by atoms with van der Waals surface area (Å²) in [4.78, 5) is 13.0. The Morgan fingerprint density at radius 3 is 1.22 bits per heavy atom. The molecule has 1 aliphatic heterocycles. The minimum absolute atomic E-state index is 0.0435. The van der Waals surface area contributed by atoms with Crippen molar-refractivity contribution in [3.05, 3.63) is 12.2 Å². The van der Waals surface area contributed by atoms with Crippen molar-refractivity contribution in [1.29, 1.82) is 0 Å². The second kappa shape index (κ2) is 52.5. The third-order valence-electron chi connectivity index (χ3n) is 14.9.